The smallest absolute Gasteiger partial charge is 0.137 e. The Labute approximate surface area is 318 Å². The third-order valence-electron chi connectivity index (χ3n) is 11.0. The quantitative estimate of drug-likeness (QED) is 0.172. The predicted octanol–water partition coefficient (Wildman–Crippen LogP) is 14.6. The molecular formula is C52H34N2O. The highest BCUT2D eigenvalue weighted by Gasteiger charge is 2.20. The molecule has 3 nitrogen and oxygen atoms in total. The normalized spacial score (nSPS) is 11.6. The molecule has 0 aliphatic carbocycles. The Kier molecular flexibility index (Phi) is 7.17. The Morgan fingerprint density at radius 2 is 0.964 bits per heavy atom. The summed E-state index contributed by atoms with van der Waals surface area (Å²) in [6.45, 7) is 0. The third kappa shape index (κ3) is 5.13. The van der Waals surface area contributed by atoms with Crippen LogP contribution in [0.15, 0.2) is 211 Å². The first-order chi connectivity index (χ1) is 27.3. The maximum atomic E-state index is 6.39. The fourth-order valence-corrected chi connectivity index (χ4v) is 8.45. The van der Waals surface area contributed by atoms with Crippen LogP contribution in [0, 0.1) is 0 Å². The Morgan fingerprint density at radius 1 is 0.345 bits per heavy atom. The van der Waals surface area contributed by atoms with E-state index in [1.165, 1.54) is 54.8 Å². The van der Waals surface area contributed by atoms with Crippen LogP contribution in [0.5, 0.6) is 0 Å². The van der Waals surface area contributed by atoms with Crippen molar-refractivity contribution < 1.29 is 4.42 Å². The first-order valence-electron chi connectivity index (χ1n) is 18.8. The minimum atomic E-state index is 0.869. The highest BCUT2D eigenvalue weighted by atomic mass is 16.3. The van der Waals surface area contributed by atoms with Crippen LogP contribution >= 0.6 is 0 Å². The molecule has 0 spiro atoms. The van der Waals surface area contributed by atoms with Gasteiger partial charge in [0.25, 0.3) is 0 Å². The number of aromatic nitrogens is 1. The number of rotatable bonds is 6. The average Bonchev–Trinajstić information content (AvgIpc) is 3.80. The number of para-hydroxylation sites is 3. The van der Waals surface area contributed by atoms with Crippen LogP contribution in [0.4, 0.5) is 17.1 Å². The molecule has 0 aliphatic rings. The minimum absolute atomic E-state index is 0.869. The highest BCUT2D eigenvalue weighted by molar-refractivity contribution is 6.22. The molecule has 11 rings (SSSR count). The molecule has 0 atom stereocenters. The second-order valence-corrected chi connectivity index (χ2v) is 14.1. The van der Waals surface area contributed by atoms with Crippen molar-refractivity contribution in [1.29, 1.82) is 0 Å². The van der Waals surface area contributed by atoms with Gasteiger partial charge in [0.2, 0.25) is 0 Å². The molecule has 0 aliphatic heterocycles. The Morgan fingerprint density at radius 3 is 1.78 bits per heavy atom. The summed E-state index contributed by atoms with van der Waals surface area (Å²) in [5, 5.41) is 7.19. The van der Waals surface area contributed by atoms with Crippen molar-refractivity contribution >= 4 is 71.6 Å². The molecule has 11 aromatic rings. The Balaban J connectivity index is 1.09. The number of anilines is 3. The number of hydrogen-bond acceptors (Lipinski definition) is 2. The van der Waals surface area contributed by atoms with Crippen LogP contribution in [0.3, 0.4) is 0 Å². The van der Waals surface area contributed by atoms with Crippen molar-refractivity contribution in [1.82, 2.24) is 4.57 Å². The van der Waals surface area contributed by atoms with Crippen LogP contribution in [0.25, 0.3) is 82.5 Å². The second kappa shape index (κ2) is 12.6. The zero-order valence-corrected chi connectivity index (χ0v) is 29.9. The van der Waals surface area contributed by atoms with Gasteiger partial charge in [0, 0.05) is 55.7 Å². The van der Waals surface area contributed by atoms with Gasteiger partial charge in [-0.2, -0.15) is 0 Å². The molecule has 2 heterocycles. The first-order valence-corrected chi connectivity index (χ1v) is 18.8. The summed E-state index contributed by atoms with van der Waals surface area (Å²) >= 11 is 0. The van der Waals surface area contributed by atoms with E-state index in [-0.39, 0.29) is 0 Å². The van der Waals surface area contributed by atoms with Crippen molar-refractivity contribution in [2.24, 2.45) is 0 Å². The van der Waals surface area contributed by atoms with E-state index >= 15 is 0 Å². The Hall–Kier alpha value is -7.36. The SMILES string of the molecule is c1ccc(-c2cccc(N(c3ccc(-c4cc5c6ccccc6n(-c6ccccc6)c5c5ccccc45)cc3)c3ccc4c(c3)oc3ccccc34)c2)cc1. The molecule has 0 bridgehead atoms. The molecule has 0 unspecified atom stereocenters. The van der Waals surface area contributed by atoms with Gasteiger partial charge in [0.15, 0.2) is 0 Å². The van der Waals surface area contributed by atoms with E-state index in [1.807, 2.05) is 12.1 Å². The number of fused-ring (bicyclic) bond motifs is 8. The van der Waals surface area contributed by atoms with Crippen molar-refractivity contribution in [3.05, 3.63) is 206 Å². The predicted molar refractivity (Wildman–Crippen MR) is 231 cm³/mol. The molecule has 0 N–H and O–H groups in total. The second-order valence-electron chi connectivity index (χ2n) is 14.1. The molecule has 0 amide bonds. The summed E-state index contributed by atoms with van der Waals surface area (Å²) in [7, 11) is 0. The number of furan rings is 1. The summed E-state index contributed by atoms with van der Waals surface area (Å²) < 4.78 is 8.81. The fraction of sp³-hybridized carbons (Fsp3) is 0. The molecule has 0 radical (unpaired) electrons. The molecule has 0 saturated carbocycles. The molecular weight excluding hydrogens is 669 g/mol. The van der Waals surface area contributed by atoms with Crippen molar-refractivity contribution in [2.75, 3.05) is 4.90 Å². The molecule has 9 aromatic carbocycles. The van der Waals surface area contributed by atoms with Crippen LogP contribution < -0.4 is 4.90 Å². The van der Waals surface area contributed by atoms with Gasteiger partial charge in [-0.1, -0.05) is 133 Å². The standard InChI is InChI=1S/C52H34N2O/c1-3-14-35(15-4-1)37-16-13-19-40(32-37)53(41-30-31-45-44-22-10-12-25-50(44)55-51(45)33-41)39-28-26-36(27-29-39)47-34-48-43-21-9-11-24-49(43)54(38-17-5-2-6-18-38)52(48)46-23-8-7-20-42(46)47/h1-34H. The summed E-state index contributed by atoms with van der Waals surface area (Å²) in [6.07, 6.45) is 0. The largest absolute Gasteiger partial charge is 0.456 e. The summed E-state index contributed by atoms with van der Waals surface area (Å²) in [5.74, 6) is 0. The van der Waals surface area contributed by atoms with Crippen molar-refractivity contribution in [2.45, 2.75) is 0 Å². The third-order valence-corrected chi connectivity index (χ3v) is 11.0. The zero-order chi connectivity index (χ0) is 36.3. The lowest BCUT2D eigenvalue weighted by molar-refractivity contribution is 0.669. The molecule has 2 aromatic heterocycles. The minimum Gasteiger partial charge on any atom is -0.456 e. The van der Waals surface area contributed by atoms with E-state index in [9.17, 15) is 0 Å². The van der Waals surface area contributed by atoms with Crippen LogP contribution in [0.2, 0.25) is 0 Å². The summed E-state index contributed by atoms with van der Waals surface area (Å²) in [6, 6.07) is 73.9. The van der Waals surface area contributed by atoms with Gasteiger partial charge in [-0.15, -0.1) is 0 Å². The van der Waals surface area contributed by atoms with Crippen molar-refractivity contribution in [3.63, 3.8) is 0 Å². The van der Waals surface area contributed by atoms with E-state index in [1.54, 1.807) is 0 Å². The van der Waals surface area contributed by atoms with Gasteiger partial charge in [-0.05, 0) is 94.4 Å². The topological polar surface area (TPSA) is 21.3 Å². The van der Waals surface area contributed by atoms with Gasteiger partial charge in [0.1, 0.15) is 11.2 Å². The average molecular weight is 703 g/mol. The molecule has 0 saturated heterocycles. The lowest BCUT2D eigenvalue weighted by Gasteiger charge is -2.26. The number of benzene rings is 9. The maximum Gasteiger partial charge on any atom is 0.137 e. The molecule has 258 valence electrons. The monoisotopic (exact) mass is 702 g/mol. The molecule has 55 heavy (non-hydrogen) atoms. The highest BCUT2D eigenvalue weighted by Crippen LogP contribution is 2.43. The van der Waals surface area contributed by atoms with Gasteiger partial charge < -0.3 is 13.9 Å². The van der Waals surface area contributed by atoms with Crippen LogP contribution in [-0.4, -0.2) is 4.57 Å². The van der Waals surface area contributed by atoms with E-state index in [0.29, 0.717) is 0 Å². The number of hydrogen-bond donors (Lipinski definition) is 0. The lowest BCUT2D eigenvalue weighted by Crippen LogP contribution is -2.10. The molecule has 0 fully saturated rings. The van der Waals surface area contributed by atoms with Crippen LogP contribution in [-0.2, 0) is 0 Å². The van der Waals surface area contributed by atoms with E-state index in [4.69, 9.17) is 4.42 Å². The maximum absolute atomic E-state index is 6.39. The summed E-state index contributed by atoms with van der Waals surface area (Å²) in [5.41, 5.74) is 13.3. The Bertz CT molecular complexity index is 3190. The van der Waals surface area contributed by atoms with E-state index in [0.717, 1.165) is 44.7 Å². The first kappa shape index (κ1) is 31.2. The van der Waals surface area contributed by atoms with Gasteiger partial charge in [-0.3, -0.25) is 0 Å². The summed E-state index contributed by atoms with van der Waals surface area (Å²) in [4.78, 5) is 2.33. The van der Waals surface area contributed by atoms with Gasteiger partial charge >= 0.3 is 0 Å². The van der Waals surface area contributed by atoms with E-state index in [2.05, 4.69) is 204 Å². The lowest BCUT2D eigenvalue weighted by atomic mass is 9.95. The van der Waals surface area contributed by atoms with Crippen molar-refractivity contribution in [3.8, 4) is 27.9 Å². The van der Waals surface area contributed by atoms with E-state index < -0.39 is 0 Å². The van der Waals surface area contributed by atoms with Crippen LogP contribution in [0.1, 0.15) is 0 Å². The molecule has 3 heteroatoms. The zero-order valence-electron chi connectivity index (χ0n) is 29.9. The number of nitrogens with zero attached hydrogens (tertiary/aromatic N) is 2. The fourth-order valence-electron chi connectivity index (χ4n) is 8.45. The van der Waals surface area contributed by atoms with Gasteiger partial charge in [-0.25, -0.2) is 0 Å². The van der Waals surface area contributed by atoms with Gasteiger partial charge in [0.05, 0.1) is 11.0 Å².